The number of aliphatic imine (C=N–C) groups is 1. The molecule has 0 saturated heterocycles. The minimum atomic E-state index is 0.485. The molecule has 1 heterocycles. The van der Waals surface area contributed by atoms with Crippen LogP contribution in [0, 0.1) is 6.92 Å². The predicted molar refractivity (Wildman–Crippen MR) is 89.5 cm³/mol. The van der Waals surface area contributed by atoms with E-state index < -0.39 is 0 Å². The molecule has 7 nitrogen and oxygen atoms in total. The fraction of sp³-hybridized carbons (Fsp3) is 0.812. The van der Waals surface area contributed by atoms with Gasteiger partial charge in [0.15, 0.2) is 11.8 Å². The highest BCUT2D eigenvalue weighted by molar-refractivity contribution is 5.79. The fourth-order valence-corrected chi connectivity index (χ4v) is 2.71. The number of nitrogens with one attached hydrogen (secondary N) is 2. The van der Waals surface area contributed by atoms with E-state index in [4.69, 9.17) is 9.26 Å². The summed E-state index contributed by atoms with van der Waals surface area (Å²) in [4.78, 5) is 8.37. The van der Waals surface area contributed by atoms with Crippen LogP contribution in [0.5, 0.6) is 0 Å². The quantitative estimate of drug-likeness (QED) is 0.431. The summed E-state index contributed by atoms with van der Waals surface area (Å²) in [6.07, 6.45) is 8.62. The zero-order chi connectivity index (χ0) is 16.3. The van der Waals surface area contributed by atoms with Gasteiger partial charge in [-0.05, 0) is 26.2 Å². The van der Waals surface area contributed by atoms with Gasteiger partial charge in [-0.2, -0.15) is 4.98 Å². The number of nitrogens with zero attached hydrogens (tertiary/aromatic N) is 3. The molecule has 0 radical (unpaired) electrons. The van der Waals surface area contributed by atoms with Crippen LogP contribution in [0.15, 0.2) is 9.52 Å². The van der Waals surface area contributed by atoms with Crippen LogP contribution in [0.1, 0.15) is 50.2 Å². The Bertz CT molecular complexity index is 469. The van der Waals surface area contributed by atoms with Crippen LogP contribution in [0.3, 0.4) is 0 Å². The van der Waals surface area contributed by atoms with E-state index in [9.17, 15) is 0 Å². The molecule has 1 aliphatic carbocycles. The van der Waals surface area contributed by atoms with E-state index in [2.05, 4.69) is 25.8 Å². The van der Waals surface area contributed by atoms with E-state index in [-0.39, 0.29) is 0 Å². The number of guanidine groups is 1. The highest BCUT2D eigenvalue weighted by Gasteiger charge is 2.12. The van der Waals surface area contributed by atoms with Gasteiger partial charge in [-0.1, -0.05) is 24.4 Å². The monoisotopic (exact) mass is 323 g/mol. The first kappa shape index (κ1) is 17.7. The lowest BCUT2D eigenvalue weighted by molar-refractivity contribution is 0.0277. The largest absolute Gasteiger partial charge is 0.378 e. The number of ether oxygens (including phenoxy) is 1. The van der Waals surface area contributed by atoms with Gasteiger partial charge in [0.25, 0.3) is 0 Å². The summed E-state index contributed by atoms with van der Waals surface area (Å²) < 4.78 is 11.0. The SMILES string of the molecule is CN=C(NCCCOC1CCCCC1)NCCc1nc(C)no1. The summed E-state index contributed by atoms with van der Waals surface area (Å²) in [6.45, 7) is 4.19. The number of hydrogen-bond donors (Lipinski definition) is 2. The van der Waals surface area contributed by atoms with E-state index in [1.807, 2.05) is 6.92 Å². The van der Waals surface area contributed by atoms with Gasteiger partial charge in [0.1, 0.15) is 0 Å². The van der Waals surface area contributed by atoms with Gasteiger partial charge in [0.2, 0.25) is 5.89 Å². The third-order valence-corrected chi connectivity index (χ3v) is 3.94. The van der Waals surface area contributed by atoms with Crippen molar-refractivity contribution in [2.45, 2.75) is 58.0 Å². The normalized spacial score (nSPS) is 16.5. The topological polar surface area (TPSA) is 84.6 Å². The summed E-state index contributed by atoms with van der Waals surface area (Å²) in [5, 5.41) is 10.3. The van der Waals surface area contributed by atoms with E-state index in [0.717, 1.165) is 25.5 Å². The number of hydrogen-bond acceptors (Lipinski definition) is 5. The molecule has 130 valence electrons. The van der Waals surface area contributed by atoms with Gasteiger partial charge in [0.05, 0.1) is 6.10 Å². The van der Waals surface area contributed by atoms with Crippen molar-refractivity contribution in [1.82, 2.24) is 20.8 Å². The average Bonchev–Trinajstić information content (AvgIpc) is 2.99. The Balaban J connectivity index is 1.50. The van der Waals surface area contributed by atoms with Crippen LogP contribution in [0.4, 0.5) is 0 Å². The highest BCUT2D eigenvalue weighted by Crippen LogP contribution is 2.20. The van der Waals surface area contributed by atoms with Crippen LogP contribution < -0.4 is 10.6 Å². The summed E-state index contributed by atoms with van der Waals surface area (Å²) in [7, 11) is 1.77. The van der Waals surface area contributed by atoms with E-state index in [1.54, 1.807) is 7.05 Å². The summed E-state index contributed by atoms with van der Waals surface area (Å²) in [6, 6.07) is 0. The molecule has 23 heavy (non-hydrogen) atoms. The second-order valence-corrected chi connectivity index (χ2v) is 5.90. The second kappa shape index (κ2) is 10.2. The first-order chi connectivity index (χ1) is 11.3. The molecule has 1 aliphatic rings. The van der Waals surface area contributed by atoms with Crippen molar-refractivity contribution in [1.29, 1.82) is 0 Å². The average molecular weight is 323 g/mol. The van der Waals surface area contributed by atoms with Gasteiger partial charge in [-0.3, -0.25) is 4.99 Å². The Morgan fingerprint density at radius 2 is 2.04 bits per heavy atom. The minimum Gasteiger partial charge on any atom is -0.378 e. The molecule has 1 fully saturated rings. The lowest BCUT2D eigenvalue weighted by Gasteiger charge is -2.22. The van der Waals surface area contributed by atoms with Crippen molar-refractivity contribution in [2.75, 3.05) is 26.7 Å². The van der Waals surface area contributed by atoms with Crippen molar-refractivity contribution < 1.29 is 9.26 Å². The minimum absolute atomic E-state index is 0.485. The molecule has 7 heteroatoms. The summed E-state index contributed by atoms with van der Waals surface area (Å²) in [5.41, 5.74) is 0. The van der Waals surface area contributed by atoms with Crippen molar-refractivity contribution >= 4 is 5.96 Å². The summed E-state index contributed by atoms with van der Waals surface area (Å²) in [5.74, 6) is 2.10. The van der Waals surface area contributed by atoms with E-state index in [0.29, 0.717) is 30.8 Å². The Morgan fingerprint density at radius 1 is 1.26 bits per heavy atom. The molecule has 0 amide bonds. The third-order valence-electron chi connectivity index (χ3n) is 3.94. The molecule has 0 spiro atoms. The molecular formula is C16H29N5O2. The zero-order valence-corrected chi connectivity index (χ0v) is 14.3. The van der Waals surface area contributed by atoms with Crippen LogP contribution in [-0.2, 0) is 11.2 Å². The van der Waals surface area contributed by atoms with Gasteiger partial charge in [-0.25, -0.2) is 0 Å². The van der Waals surface area contributed by atoms with E-state index in [1.165, 1.54) is 32.1 Å². The molecule has 1 aromatic rings. The smallest absolute Gasteiger partial charge is 0.228 e. The predicted octanol–water partition coefficient (Wildman–Crippen LogP) is 1.82. The Kier molecular flexibility index (Phi) is 7.86. The van der Waals surface area contributed by atoms with Crippen molar-refractivity contribution in [2.24, 2.45) is 4.99 Å². The van der Waals surface area contributed by atoms with Gasteiger partial charge >= 0.3 is 0 Å². The Morgan fingerprint density at radius 3 is 2.74 bits per heavy atom. The van der Waals surface area contributed by atoms with Crippen LogP contribution >= 0.6 is 0 Å². The lowest BCUT2D eigenvalue weighted by Crippen LogP contribution is -2.39. The maximum absolute atomic E-state index is 5.91. The molecular weight excluding hydrogens is 294 g/mol. The standard InChI is InChI=1S/C16H29N5O2/c1-13-20-15(23-21-13)9-11-19-16(17-2)18-10-6-12-22-14-7-4-3-5-8-14/h14H,3-12H2,1-2H3,(H2,17,18,19). The molecule has 0 atom stereocenters. The Hall–Kier alpha value is -1.63. The third kappa shape index (κ3) is 6.99. The molecule has 0 aromatic carbocycles. The maximum Gasteiger partial charge on any atom is 0.228 e. The molecule has 2 N–H and O–H groups in total. The zero-order valence-electron chi connectivity index (χ0n) is 14.3. The number of rotatable bonds is 8. The molecule has 1 saturated carbocycles. The first-order valence-corrected chi connectivity index (χ1v) is 8.63. The molecule has 0 bridgehead atoms. The molecule has 0 unspecified atom stereocenters. The molecule has 2 rings (SSSR count). The van der Waals surface area contributed by atoms with Crippen molar-refractivity contribution in [3.63, 3.8) is 0 Å². The van der Waals surface area contributed by atoms with Crippen LogP contribution in [-0.4, -0.2) is 48.9 Å². The number of aromatic nitrogens is 2. The molecule has 0 aliphatic heterocycles. The van der Waals surface area contributed by atoms with Crippen LogP contribution in [0.2, 0.25) is 0 Å². The lowest BCUT2D eigenvalue weighted by atomic mass is 9.98. The first-order valence-electron chi connectivity index (χ1n) is 8.63. The fourth-order valence-electron chi connectivity index (χ4n) is 2.71. The summed E-state index contributed by atoms with van der Waals surface area (Å²) >= 11 is 0. The maximum atomic E-state index is 5.91. The van der Waals surface area contributed by atoms with Crippen molar-refractivity contribution in [3.8, 4) is 0 Å². The van der Waals surface area contributed by atoms with E-state index >= 15 is 0 Å². The van der Waals surface area contributed by atoms with Gasteiger partial charge in [-0.15, -0.1) is 0 Å². The van der Waals surface area contributed by atoms with Crippen molar-refractivity contribution in [3.05, 3.63) is 11.7 Å². The van der Waals surface area contributed by atoms with Gasteiger partial charge < -0.3 is 19.9 Å². The van der Waals surface area contributed by atoms with Crippen LogP contribution in [0.25, 0.3) is 0 Å². The second-order valence-electron chi connectivity index (χ2n) is 5.90. The molecule has 1 aromatic heterocycles. The van der Waals surface area contributed by atoms with Gasteiger partial charge in [0, 0.05) is 33.2 Å². The number of aryl methyl sites for hydroxylation is 1. The highest BCUT2D eigenvalue weighted by atomic mass is 16.5. The Labute approximate surface area is 138 Å².